The summed E-state index contributed by atoms with van der Waals surface area (Å²) in [5.41, 5.74) is 5.14. The highest BCUT2D eigenvalue weighted by Gasteiger charge is 2.09. The van der Waals surface area contributed by atoms with Gasteiger partial charge in [0.2, 0.25) is 0 Å². The summed E-state index contributed by atoms with van der Waals surface area (Å²) in [7, 11) is 1.39. The van der Waals surface area contributed by atoms with Crippen molar-refractivity contribution in [3.63, 3.8) is 0 Å². The molecule has 0 bridgehead atoms. The van der Waals surface area contributed by atoms with Crippen molar-refractivity contribution in [2.24, 2.45) is 0 Å². The van der Waals surface area contributed by atoms with Gasteiger partial charge in [-0.05, 0) is 30.2 Å². The van der Waals surface area contributed by atoms with Gasteiger partial charge < -0.3 is 9.72 Å². The molecule has 5 heteroatoms. The van der Waals surface area contributed by atoms with E-state index in [9.17, 15) is 4.79 Å². The summed E-state index contributed by atoms with van der Waals surface area (Å²) < 4.78 is 4.71. The van der Waals surface area contributed by atoms with Crippen LogP contribution in [0.4, 0.5) is 0 Å². The zero-order chi connectivity index (χ0) is 17.6. The molecule has 0 aliphatic heterocycles. The lowest BCUT2D eigenvalue weighted by Crippen LogP contribution is -2.00. The number of hydrogen-bond acceptors (Lipinski definition) is 4. The molecule has 0 amide bonds. The van der Waals surface area contributed by atoms with Gasteiger partial charge in [-0.3, -0.25) is 0 Å². The van der Waals surface area contributed by atoms with Crippen LogP contribution in [-0.4, -0.2) is 23.0 Å². The van der Waals surface area contributed by atoms with Crippen molar-refractivity contribution in [2.45, 2.75) is 24.3 Å². The van der Waals surface area contributed by atoms with E-state index in [0.717, 1.165) is 34.3 Å². The number of H-pyrrole nitrogens is 1. The van der Waals surface area contributed by atoms with Gasteiger partial charge in [-0.25, -0.2) is 9.78 Å². The van der Waals surface area contributed by atoms with Gasteiger partial charge in [0.15, 0.2) is 5.16 Å². The summed E-state index contributed by atoms with van der Waals surface area (Å²) in [4.78, 5) is 19.5. The standard InChI is InChI=1S/C20H20N2O2S/c1-14-18(12-15-6-4-3-5-7-15)22-20(21-14)25-13-16-8-10-17(11-9-16)19(23)24-2/h3-11H,12-13H2,1-2H3,(H,21,22). The highest BCUT2D eigenvalue weighted by molar-refractivity contribution is 7.98. The molecule has 128 valence electrons. The minimum atomic E-state index is -0.314. The van der Waals surface area contributed by atoms with Crippen molar-refractivity contribution < 1.29 is 9.53 Å². The average Bonchev–Trinajstić information content (AvgIpc) is 3.00. The number of thioether (sulfide) groups is 1. The molecule has 1 aromatic heterocycles. The molecule has 0 spiro atoms. The fourth-order valence-corrected chi connectivity index (χ4v) is 3.40. The molecule has 0 saturated carbocycles. The summed E-state index contributed by atoms with van der Waals surface area (Å²) in [6.45, 7) is 2.06. The molecule has 0 saturated heterocycles. The summed E-state index contributed by atoms with van der Waals surface area (Å²) in [5.74, 6) is 0.477. The monoisotopic (exact) mass is 352 g/mol. The third kappa shape index (κ3) is 4.51. The Hall–Kier alpha value is -2.53. The average molecular weight is 352 g/mol. The molecule has 1 N–H and O–H groups in total. The van der Waals surface area contributed by atoms with Gasteiger partial charge in [0.25, 0.3) is 0 Å². The zero-order valence-corrected chi connectivity index (χ0v) is 15.1. The topological polar surface area (TPSA) is 55.0 Å². The normalized spacial score (nSPS) is 10.6. The second-order valence-electron chi connectivity index (χ2n) is 5.75. The van der Waals surface area contributed by atoms with Crippen molar-refractivity contribution in [1.82, 2.24) is 9.97 Å². The van der Waals surface area contributed by atoms with Gasteiger partial charge in [0.1, 0.15) is 0 Å². The number of methoxy groups -OCH3 is 1. The SMILES string of the molecule is COC(=O)c1ccc(CSc2nc(Cc3ccccc3)c(C)[nH]2)cc1. The van der Waals surface area contributed by atoms with Crippen LogP contribution in [0.5, 0.6) is 0 Å². The van der Waals surface area contributed by atoms with Gasteiger partial charge >= 0.3 is 5.97 Å². The predicted octanol–water partition coefficient (Wildman–Crippen LogP) is 4.39. The van der Waals surface area contributed by atoms with Gasteiger partial charge in [0.05, 0.1) is 18.4 Å². The molecular weight excluding hydrogens is 332 g/mol. The fourth-order valence-electron chi connectivity index (χ4n) is 2.50. The Kier molecular flexibility index (Phi) is 5.56. The number of aromatic nitrogens is 2. The number of esters is 1. The minimum absolute atomic E-state index is 0.314. The van der Waals surface area contributed by atoms with Crippen molar-refractivity contribution in [1.29, 1.82) is 0 Å². The predicted molar refractivity (Wildman–Crippen MR) is 99.9 cm³/mol. The Labute approximate surface area is 151 Å². The van der Waals surface area contributed by atoms with Crippen LogP contribution in [0.1, 0.15) is 32.9 Å². The largest absolute Gasteiger partial charge is 0.465 e. The molecule has 0 aliphatic rings. The molecule has 1 heterocycles. The van der Waals surface area contributed by atoms with E-state index < -0.39 is 0 Å². The first-order valence-corrected chi connectivity index (χ1v) is 9.03. The highest BCUT2D eigenvalue weighted by Crippen LogP contribution is 2.23. The summed E-state index contributed by atoms with van der Waals surface area (Å²) in [6, 6.07) is 17.8. The van der Waals surface area contributed by atoms with Gasteiger partial charge in [0, 0.05) is 17.9 Å². The van der Waals surface area contributed by atoms with E-state index in [1.54, 1.807) is 23.9 Å². The maximum Gasteiger partial charge on any atom is 0.337 e. The Bertz CT molecular complexity index is 842. The number of rotatable bonds is 6. The lowest BCUT2D eigenvalue weighted by atomic mass is 10.1. The smallest absolute Gasteiger partial charge is 0.337 e. The second-order valence-corrected chi connectivity index (χ2v) is 6.72. The molecule has 2 aromatic carbocycles. The number of aromatic amines is 1. The van der Waals surface area contributed by atoms with Crippen molar-refractivity contribution in [3.8, 4) is 0 Å². The summed E-state index contributed by atoms with van der Waals surface area (Å²) in [5, 5.41) is 0.917. The van der Waals surface area contributed by atoms with Crippen molar-refractivity contribution >= 4 is 17.7 Å². The van der Waals surface area contributed by atoms with E-state index in [2.05, 4.69) is 24.0 Å². The van der Waals surface area contributed by atoms with Crippen LogP contribution in [-0.2, 0) is 16.9 Å². The van der Waals surface area contributed by atoms with E-state index in [1.165, 1.54) is 12.7 Å². The van der Waals surface area contributed by atoms with Crippen LogP contribution in [0.2, 0.25) is 0 Å². The zero-order valence-electron chi connectivity index (χ0n) is 14.3. The van der Waals surface area contributed by atoms with Gasteiger partial charge in [-0.1, -0.05) is 54.2 Å². The van der Waals surface area contributed by atoms with Crippen LogP contribution in [0.3, 0.4) is 0 Å². The third-order valence-electron chi connectivity index (χ3n) is 3.93. The number of benzene rings is 2. The first-order chi connectivity index (χ1) is 12.2. The maximum absolute atomic E-state index is 11.5. The second kappa shape index (κ2) is 8.03. The molecule has 0 radical (unpaired) electrons. The summed E-state index contributed by atoms with van der Waals surface area (Å²) >= 11 is 1.66. The molecule has 0 aliphatic carbocycles. The van der Waals surface area contributed by atoms with Crippen molar-refractivity contribution in [3.05, 3.63) is 82.7 Å². The van der Waals surface area contributed by atoms with E-state index >= 15 is 0 Å². The summed E-state index contributed by atoms with van der Waals surface area (Å²) in [6.07, 6.45) is 0.831. The minimum Gasteiger partial charge on any atom is -0.465 e. The quantitative estimate of drug-likeness (QED) is 0.528. The lowest BCUT2D eigenvalue weighted by Gasteiger charge is -2.02. The number of nitrogens with zero attached hydrogens (tertiary/aromatic N) is 1. The van der Waals surface area contributed by atoms with Crippen LogP contribution in [0, 0.1) is 6.92 Å². The van der Waals surface area contributed by atoms with Crippen LogP contribution in [0.15, 0.2) is 59.8 Å². The molecule has 4 nitrogen and oxygen atoms in total. The maximum atomic E-state index is 11.5. The Morgan fingerprint density at radius 3 is 2.48 bits per heavy atom. The Balaban J connectivity index is 1.62. The number of carbonyl (C=O) groups excluding carboxylic acids is 1. The lowest BCUT2D eigenvalue weighted by molar-refractivity contribution is 0.0600. The molecule has 0 unspecified atom stereocenters. The molecular formula is C20H20N2O2S. The molecule has 25 heavy (non-hydrogen) atoms. The van der Waals surface area contributed by atoms with E-state index in [1.807, 2.05) is 30.3 Å². The number of aryl methyl sites for hydroxylation is 1. The van der Waals surface area contributed by atoms with Gasteiger partial charge in [-0.15, -0.1) is 0 Å². The van der Waals surface area contributed by atoms with Gasteiger partial charge in [-0.2, -0.15) is 0 Å². The van der Waals surface area contributed by atoms with E-state index in [0.29, 0.717) is 5.56 Å². The van der Waals surface area contributed by atoms with Crippen LogP contribution < -0.4 is 0 Å². The van der Waals surface area contributed by atoms with E-state index in [-0.39, 0.29) is 5.97 Å². The number of ether oxygens (including phenoxy) is 1. The Morgan fingerprint density at radius 1 is 1.08 bits per heavy atom. The number of imidazole rings is 1. The number of carbonyl (C=O) groups is 1. The Morgan fingerprint density at radius 2 is 1.80 bits per heavy atom. The molecule has 3 rings (SSSR count). The highest BCUT2D eigenvalue weighted by atomic mass is 32.2. The molecule has 3 aromatic rings. The van der Waals surface area contributed by atoms with Crippen LogP contribution >= 0.6 is 11.8 Å². The first kappa shape index (κ1) is 17.3. The van der Waals surface area contributed by atoms with Crippen molar-refractivity contribution in [2.75, 3.05) is 7.11 Å². The fraction of sp³-hybridized carbons (Fsp3) is 0.200. The first-order valence-electron chi connectivity index (χ1n) is 8.05. The van der Waals surface area contributed by atoms with E-state index in [4.69, 9.17) is 9.72 Å². The van der Waals surface area contributed by atoms with Crippen LogP contribution in [0.25, 0.3) is 0 Å². The number of hydrogen-bond donors (Lipinski definition) is 1. The molecule has 0 atom stereocenters. The molecule has 0 fully saturated rings. The number of nitrogens with one attached hydrogen (secondary N) is 1. The third-order valence-corrected chi connectivity index (χ3v) is 4.87.